The van der Waals surface area contributed by atoms with Crippen molar-refractivity contribution in [1.29, 1.82) is 0 Å². The Morgan fingerprint density at radius 1 is 0.107 bits per heavy atom. The first-order chi connectivity index (χ1) is 55.5. The van der Waals surface area contributed by atoms with Gasteiger partial charge in [-0.1, -0.05) is 309 Å². The van der Waals surface area contributed by atoms with E-state index in [9.17, 15) is 0 Å². The lowest BCUT2D eigenvalue weighted by Crippen LogP contribution is -1.94. The number of benzene rings is 18. The third kappa shape index (κ3) is 11.6. The maximum Gasteiger partial charge on any atom is 0.0541 e. The van der Waals surface area contributed by atoms with Crippen LogP contribution in [0, 0.1) is 0 Å². The summed E-state index contributed by atoms with van der Waals surface area (Å²) in [6.45, 7) is 0. The van der Waals surface area contributed by atoms with Crippen molar-refractivity contribution in [2.24, 2.45) is 0 Å². The predicted octanol–water partition coefficient (Wildman–Crippen LogP) is 29.1. The van der Waals surface area contributed by atoms with Crippen molar-refractivity contribution < 1.29 is 0 Å². The molecule has 0 aliphatic rings. The van der Waals surface area contributed by atoms with Gasteiger partial charge in [-0.2, -0.15) is 0 Å². The quantitative estimate of drug-likeness (QED) is 0.116. The van der Waals surface area contributed by atoms with Crippen molar-refractivity contribution in [1.82, 2.24) is 18.3 Å². The Morgan fingerprint density at radius 3 is 0.598 bits per heavy atom. The summed E-state index contributed by atoms with van der Waals surface area (Å²) in [7, 11) is 0. The van der Waals surface area contributed by atoms with Gasteiger partial charge >= 0.3 is 0 Å². The van der Waals surface area contributed by atoms with Crippen molar-refractivity contribution in [3.63, 3.8) is 0 Å². The lowest BCUT2D eigenvalue weighted by molar-refractivity contribution is 1.18. The summed E-state index contributed by atoms with van der Waals surface area (Å²) in [5.41, 5.74) is 33.8. The van der Waals surface area contributed by atoms with Crippen LogP contribution in [0.25, 0.3) is 199 Å². The highest BCUT2D eigenvalue weighted by Gasteiger charge is 2.21. The van der Waals surface area contributed by atoms with Crippen LogP contribution in [0.1, 0.15) is 0 Å². The highest BCUT2D eigenvalue weighted by Crippen LogP contribution is 2.43. The van der Waals surface area contributed by atoms with Crippen molar-refractivity contribution in [2.75, 3.05) is 0 Å². The predicted molar refractivity (Wildman–Crippen MR) is 474 cm³/mol. The standard InChI is InChI=1S/2C54H36N2/c1-3-12-37(13-4-1)39-22-28-45(29-23-39)55-51-20-9-7-18-47(51)49-35-43(26-32-53(49)55)44-27-33-54-50(36-44)48-19-8-10-21-52(48)56(54)46-30-24-40(25-31-46)42-17-11-16-41(34-42)38-14-5-2-6-15-38;1-3-13-37(14-4-1)38-23-29-43(30-24-38)55-51-21-11-9-19-47(51)49-35-41(27-33-53(49)55)42-28-34-54-50(36-42)48-20-10-12-22-52(48)56(54)44-31-25-40(26-32-44)46-18-8-7-17-45(46)39-15-5-2-6-16-39/h2*1-36H. The van der Waals surface area contributed by atoms with Crippen LogP contribution < -0.4 is 0 Å². The van der Waals surface area contributed by atoms with Gasteiger partial charge in [-0.3, -0.25) is 0 Å². The van der Waals surface area contributed by atoms with E-state index in [2.05, 4.69) is 455 Å². The van der Waals surface area contributed by atoms with Crippen LogP contribution >= 0.6 is 0 Å². The lowest BCUT2D eigenvalue weighted by Gasteiger charge is -2.12. The van der Waals surface area contributed by atoms with E-state index in [4.69, 9.17) is 0 Å². The zero-order valence-corrected chi connectivity index (χ0v) is 61.4. The molecule has 4 aromatic heterocycles. The van der Waals surface area contributed by atoms with Gasteiger partial charge in [-0.05, 0) is 216 Å². The van der Waals surface area contributed by atoms with Crippen molar-refractivity contribution in [2.45, 2.75) is 0 Å². The Labute approximate surface area is 649 Å². The van der Waals surface area contributed by atoms with Crippen LogP contribution in [-0.4, -0.2) is 18.3 Å². The molecule has 4 heteroatoms. The molecule has 112 heavy (non-hydrogen) atoms. The number of hydrogen-bond donors (Lipinski definition) is 0. The Morgan fingerprint density at radius 2 is 0.295 bits per heavy atom. The van der Waals surface area contributed by atoms with Crippen LogP contribution in [0.15, 0.2) is 437 Å². The van der Waals surface area contributed by atoms with E-state index in [-0.39, 0.29) is 0 Å². The van der Waals surface area contributed by atoms with E-state index < -0.39 is 0 Å². The first-order valence-corrected chi connectivity index (χ1v) is 38.5. The first-order valence-electron chi connectivity index (χ1n) is 38.5. The number of rotatable bonds is 12. The minimum Gasteiger partial charge on any atom is -0.309 e. The Kier molecular flexibility index (Phi) is 16.2. The summed E-state index contributed by atoms with van der Waals surface area (Å²) >= 11 is 0. The third-order valence-corrected chi connectivity index (χ3v) is 22.7. The number of aromatic nitrogens is 4. The molecule has 22 rings (SSSR count). The molecule has 0 N–H and O–H groups in total. The van der Waals surface area contributed by atoms with Gasteiger partial charge in [0.1, 0.15) is 0 Å². The number of fused-ring (bicyclic) bond motifs is 12. The van der Waals surface area contributed by atoms with Gasteiger partial charge in [0.05, 0.1) is 44.1 Å². The van der Waals surface area contributed by atoms with Crippen LogP contribution in [0.4, 0.5) is 0 Å². The average molecular weight is 1430 g/mol. The molecule has 0 spiro atoms. The molecule has 4 heterocycles. The summed E-state index contributed by atoms with van der Waals surface area (Å²) in [5.74, 6) is 0. The van der Waals surface area contributed by atoms with E-state index in [1.807, 2.05) is 0 Å². The molecular formula is C108H72N4. The SMILES string of the molecule is c1ccc(-c2ccc(-n3c4ccccc4c4cc(-c5ccc6c(c5)c5ccccc5n6-c5ccc(-c6cccc(-c7ccccc7)c6)cc5)ccc43)cc2)cc1.c1ccc(-c2ccc(-n3c4ccccc4c4cc(-c5ccc6c(c5)c5ccccc5n6-c5ccc(-c6ccccc6-c6ccccc6)cc5)ccc43)cc2)cc1. The van der Waals surface area contributed by atoms with Crippen LogP contribution in [0.3, 0.4) is 0 Å². The number of nitrogens with zero attached hydrogens (tertiary/aromatic N) is 4. The van der Waals surface area contributed by atoms with Gasteiger partial charge in [0, 0.05) is 65.8 Å². The van der Waals surface area contributed by atoms with Crippen molar-refractivity contribution in [3.05, 3.63) is 437 Å². The molecule has 0 saturated carbocycles. The van der Waals surface area contributed by atoms with E-state index in [0.29, 0.717) is 0 Å². The van der Waals surface area contributed by atoms with Gasteiger partial charge in [-0.25, -0.2) is 0 Å². The molecule has 524 valence electrons. The summed E-state index contributed by atoms with van der Waals surface area (Å²) in [6, 6.07) is 159. The van der Waals surface area contributed by atoms with E-state index >= 15 is 0 Å². The van der Waals surface area contributed by atoms with Gasteiger partial charge in [0.15, 0.2) is 0 Å². The molecule has 4 nitrogen and oxygen atoms in total. The number of hydrogen-bond acceptors (Lipinski definition) is 0. The van der Waals surface area contributed by atoms with Crippen LogP contribution in [0.2, 0.25) is 0 Å². The molecule has 0 aliphatic carbocycles. The Bertz CT molecular complexity index is 7290. The fraction of sp³-hybridized carbons (Fsp3) is 0. The van der Waals surface area contributed by atoms with E-state index in [1.54, 1.807) is 0 Å². The lowest BCUT2D eigenvalue weighted by atomic mass is 9.94. The monoisotopic (exact) mass is 1420 g/mol. The fourth-order valence-corrected chi connectivity index (χ4v) is 17.3. The minimum absolute atomic E-state index is 1.15. The largest absolute Gasteiger partial charge is 0.309 e. The molecule has 0 bridgehead atoms. The number of para-hydroxylation sites is 4. The molecule has 0 fully saturated rings. The molecule has 0 amide bonds. The summed E-state index contributed by atoms with van der Waals surface area (Å²) in [5, 5.41) is 10.0. The zero-order valence-electron chi connectivity index (χ0n) is 61.4. The topological polar surface area (TPSA) is 19.7 Å². The average Bonchev–Trinajstić information content (AvgIpc) is 1.37. The highest BCUT2D eigenvalue weighted by atomic mass is 15.0. The first kappa shape index (κ1) is 65.5. The van der Waals surface area contributed by atoms with Crippen molar-refractivity contribution >= 4 is 87.2 Å². The highest BCUT2D eigenvalue weighted by molar-refractivity contribution is 6.15. The molecule has 0 unspecified atom stereocenters. The molecule has 18 aromatic carbocycles. The maximum absolute atomic E-state index is 2.40. The summed E-state index contributed by atoms with van der Waals surface area (Å²) in [4.78, 5) is 0. The van der Waals surface area contributed by atoms with Gasteiger partial charge in [-0.15, -0.1) is 0 Å². The second-order valence-corrected chi connectivity index (χ2v) is 29.1. The molecule has 22 aromatic rings. The summed E-state index contributed by atoms with van der Waals surface area (Å²) < 4.78 is 9.59. The second-order valence-electron chi connectivity index (χ2n) is 29.1. The van der Waals surface area contributed by atoms with E-state index in [1.165, 1.54) is 176 Å². The fourth-order valence-electron chi connectivity index (χ4n) is 17.3. The normalized spacial score (nSPS) is 11.6. The molecule has 0 aliphatic heterocycles. The van der Waals surface area contributed by atoms with Gasteiger partial charge in [0.2, 0.25) is 0 Å². The minimum atomic E-state index is 1.15. The molecule has 0 saturated heterocycles. The van der Waals surface area contributed by atoms with Gasteiger partial charge in [0.25, 0.3) is 0 Å². The summed E-state index contributed by atoms with van der Waals surface area (Å²) in [6.07, 6.45) is 0. The smallest absolute Gasteiger partial charge is 0.0541 e. The Hall–Kier alpha value is -14.8. The van der Waals surface area contributed by atoms with Gasteiger partial charge < -0.3 is 18.3 Å². The Balaban J connectivity index is 0.000000141. The van der Waals surface area contributed by atoms with Crippen molar-refractivity contribution in [3.8, 4) is 112 Å². The maximum atomic E-state index is 2.40. The van der Waals surface area contributed by atoms with Crippen LogP contribution in [0.5, 0.6) is 0 Å². The van der Waals surface area contributed by atoms with E-state index in [0.717, 1.165) is 22.7 Å². The molecule has 0 atom stereocenters. The zero-order chi connectivity index (χ0) is 74.0. The van der Waals surface area contributed by atoms with Crippen LogP contribution in [-0.2, 0) is 0 Å². The third-order valence-electron chi connectivity index (χ3n) is 22.7. The molecule has 0 radical (unpaired) electrons. The second kappa shape index (κ2) is 27.7. The molecular weight excluding hydrogens is 1350 g/mol.